The summed E-state index contributed by atoms with van der Waals surface area (Å²) in [6, 6.07) is 0.193. The fourth-order valence-corrected chi connectivity index (χ4v) is 2.09. The van der Waals surface area contributed by atoms with Crippen LogP contribution in [0, 0.1) is 6.92 Å². The zero-order valence-corrected chi connectivity index (χ0v) is 10.1. The van der Waals surface area contributed by atoms with Gasteiger partial charge in [-0.3, -0.25) is 9.48 Å². The highest BCUT2D eigenvalue weighted by molar-refractivity contribution is 6.31. The molecule has 88 valence electrons. The zero-order valence-electron chi connectivity index (χ0n) is 9.38. The molecule has 16 heavy (non-hydrogen) atoms. The predicted molar refractivity (Wildman–Crippen MR) is 61.2 cm³/mol. The van der Waals surface area contributed by atoms with E-state index in [0.717, 1.165) is 11.4 Å². The molecule has 2 N–H and O–H groups in total. The van der Waals surface area contributed by atoms with Crippen molar-refractivity contribution in [1.29, 1.82) is 0 Å². The van der Waals surface area contributed by atoms with Gasteiger partial charge in [0.1, 0.15) is 0 Å². The van der Waals surface area contributed by atoms with E-state index >= 15 is 0 Å². The Morgan fingerprint density at radius 1 is 1.69 bits per heavy atom. The molecule has 0 aliphatic carbocycles. The maximum atomic E-state index is 11.0. The number of nitrogens with one attached hydrogen (secondary N) is 2. The number of rotatable bonds is 3. The van der Waals surface area contributed by atoms with Crippen LogP contribution >= 0.6 is 11.6 Å². The van der Waals surface area contributed by atoms with Crippen LogP contribution in [0.4, 0.5) is 0 Å². The van der Waals surface area contributed by atoms with Crippen molar-refractivity contribution in [2.24, 2.45) is 7.05 Å². The van der Waals surface area contributed by atoms with Gasteiger partial charge in [0.05, 0.1) is 16.4 Å². The molecule has 1 atom stereocenters. The summed E-state index contributed by atoms with van der Waals surface area (Å²) in [4.78, 5) is 11.0. The first-order valence-corrected chi connectivity index (χ1v) is 5.63. The van der Waals surface area contributed by atoms with Crippen molar-refractivity contribution >= 4 is 17.5 Å². The molecule has 1 aromatic heterocycles. The molecule has 0 bridgehead atoms. The third kappa shape index (κ3) is 2.20. The lowest BCUT2D eigenvalue weighted by Crippen LogP contribution is -2.31. The molecule has 1 unspecified atom stereocenters. The summed E-state index contributed by atoms with van der Waals surface area (Å²) < 4.78 is 1.77. The molecule has 1 aromatic rings. The molecule has 6 heteroatoms. The van der Waals surface area contributed by atoms with Crippen molar-refractivity contribution in [3.63, 3.8) is 0 Å². The van der Waals surface area contributed by atoms with E-state index in [0.29, 0.717) is 24.5 Å². The number of halogens is 1. The Hall–Kier alpha value is -1.07. The largest absolute Gasteiger partial charge is 0.354 e. The first-order chi connectivity index (χ1) is 7.58. The van der Waals surface area contributed by atoms with Crippen LogP contribution in [-0.4, -0.2) is 28.3 Å². The van der Waals surface area contributed by atoms with Crippen molar-refractivity contribution in [3.8, 4) is 0 Å². The fraction of sp³-hybridized carbons (Fsp3) is 0.600. The topological polar surface area (TPSA) is 59.0 Å². The van der Waals surface area contributed by atoms with Gasteiger partial charge in [-0.05, 0) is 6.92 Å². The Morgan fingerprint density at radius 3 is 2.94 bits per heavy atom. The Labute approximate surface area is 99.2 Å². The van der Waals surface area contributed by atoms with Gasteiger partial charge in [-0.25, -0.2) is 0 Å². The number of carbonyl (C=O) groups excluding carboxylic acids is 1. The molecule has 1 aliphatic heterocycles. The number of hydrogen-bond donors (Lipinski definition) is 2. The summed E-state index contributed by atoms with van der Waals surface area (Å²) in [6.45, 7) is 3.20. The summed E-state index contributed by atoms with van der Waals surface area (Å²) in [7, 11) is 1.87. The van der Waals surface area contributed by atoms with Crippen LogP contribution in [-0.2, 0) is 18.4 Å². The Bertz CT molecular complexity index is 415. The summed E-state index contributed by atoms with van der Waals surface area (Å²) >= 11 is 6.12. The predicted octanol–water partition coefficient (Wildman–Crippen LogP) is 0.360. The van der Waals surface area contributed by atoms with Gasteiger partial charge in [-0.15, -0.1) is 0 Å². The highest BCUT2D eigenvalue weighted by atomic mass is 35.5. The molecule has 1 fully saturated rings. The maximum Gasteiger partial charge on any atom is 0.221 e. The van der Waals surface area contributed by atoms with E-state index in [9.17, 15) is 4.79 Å². The molecule has 0 saturated carbocycles. The van der Waals surface area contributed by atoms with Crippen LogP contribution in [0.1, 0.15) is 17.8 Å². The van der Waals surface area contributed by atoms with Gasteiger partial charge < -0.3 is 10.6 Å². The van der Waals surface area contributed by atoms with Gasteiger partial charge >= 0.3 is 0 Å². The highest BCUT2D eigenvalue weighted by Gasteiger charge is 2.21. The van der Waals surface area contributed by atoms with Gasteiger partial charge in [0.15, 0.2) is 0 Å². The number of aryl methyl sites for hydroxylation is 2. The molecule has 2 rings (SSSR count). The van der Waals surface area contributed by atoms with Crippen molar-refractivity contribution in [2.45, 2.75) is 25.9 Å². The normalized spacial score (nSPS) is 20.2. The van der Waals surface area contributed by atoms with Gasteiger partial charge in [-0.1, -0.05) is 11.6 Å². The summed E-state index contributed by atoms with van der Waals surface area (Å²) in [5.41, 5.74) is 1.79. The second-order valence-corrected chi connectivity index (χ2v) is 4.43. The van der Waals surface area contributed by atoms with Gasteiger partial charge in [0.25, 0.3) is 0 Å². The quantitative estimate of drug-likeness (QED) is 0.805. The van der Waals surface area contributed by atoms with E-state index in [-0.39, 0.29) is 11.9 Å². The van der Waals surface area contributed by atoms with E-state index in [1.54, 1.807) is 4.68 Å². The van der Waals surface area contributed by atoms with Crippen LogP contribution in [0.2, 0.25) is 5.02 Å². The van der Waals surface area contributed by atoms with E-state index in [4.69, 9.17) is 11.6 Å². The Balaban J connectivity index is 1.97. The van der Waals surface area contributed by atoms with Crippen LogP contribution < -0.4 is 10.6 Å². The molecular weight excluding hydrogens is 228 g/mol. The number of carbonyl (C=O) groups is 1. The minimum Gasteiger partial charge on any atom is -0.354 e. The van der Waals surface area contributed by atoms with Crippen molar-refractivity contribution < 1.29 is 4.79 Å². The van der Waals surface area contributed by atoms with Crippen LogP contribution in [0.25, 0.3) is 0 Å². The zero-order chi connectivity index (χ0) is 11.7. The van der Waals surface area contributed by atoms with E-state index in [1.807, 2.05) is 14.0 Å². The number of amides is 1. The number of hydrogen-bond acceptors (Lipinski definition) is 3. The maximum absolute atomic E-state index is 11.0. The number of nitrogens with zero attached hydrogens (tertiary/aromatic N) is 2. The molecule has 0 aromatic carbocycles. The summed E-state index contributed by atoms with van der Waals surface area (Å²) in [5, 5.41) is 11.0. The minimum atomic E-state index is 0.102. The van der Waals surface area contributed by atoms with Crippen molar-refractivity contribution in [2.75, 3.05) is 6.54 Å². The van der Waals surface area contributed by atoms with Crippen molar-refractivity contribution in [1.82, 2.24) is 20.4 Å². The lowest BCUT2D eigenvalue weighted by atomic mass is 10.2. The van der Waals surface area contributed by atoms with Gasteiger partial charge in [0, 0.05) is 32.6 Å². The highest BCUT2D eigenvalue weighted by Crippen LogP contribution is 2.19. The monoisotopic (exact) mass is 242 g/mol. The van der Waals surface area contributed by atoms with Crippen LogP contribution in [0.5, 0.6) is 0 Å². The lowest BCUT2D eigenvalue weighted by molar-refractivity contribution is -0.119. The molecule has 0 spiro atoms. The second-order valence-electron chi connectivity index (χ2n) is 4.06. The summed E-state index contributed by atoms with van der Waals surface area (Å²) in [6.07, 6.45) is 0.536. The smallest absolute Gasteiger partial charge is 0.221 e. The van der Waals surface area contributed by atoms with Crippen LogP contribution in [0.3, 0.4) is 0 Å². The first-order valence-electron chi connectivity index (χ1n) is 5.26. The fourth-order valence-electron chi connectivity index (χ4n) is 1.86. The Morgan fingerprint density at radius 2 is 2.44 bits per heavy atom. The minimum absolute atomic E-state index is 0.102. The standard InChI is InChI=1S/C10H15ClN4O/c1-6-10(11)8(15(2)14-6)5-12-7-3-9(16)13-4-7/h7,12H,3-5H2,1-2H3,(H,13,16). The Kier molecular flexibility index (Phi) is 3.16. The summed E-state index contributed by atoms with van der Waals surface area (Å²) in [5.74, 6) is 0.102. The first kappa shape index (κ1) is 11.4. The van der Waals surface area contributed by atoms with Crippen LogP contribution in [0.15, 0.2) is 0 Å². The molecular formula is C10H15ClN4O. The van der Waals surface area contributed by atoms with Gasteiger partial charge in [-0.2, -0.15) is 5.10 Å². The third-order valence-electron chi connectivity index (χ3n) is 2.80. The molecule has 5 nitrogen and oxygen atoms in total. The SMILES string of the molecule is Cc1nn(C)c(CNC2CNC(=O)C2)c1Cl. The molecule has 1 aliphatic rings. The van der Waals surface area contributed by atoms with E-state index < -0.39 is 0 Å². The molecule has 1 saturated heterocycles. The average molecular weight is 243 g/mol. The second kappa shape index (κ2) is 4.43. The lowest BCUT2D eigenvalue weighted by Gasteiger charge is -2.10. The number of aromatic nitrogens is 2. The molecule has 1 amide bonds. The van der Waals surface area contributed by atoms with E-state index in [1.165, 1.54) is 0 Å². The molecule has 0 radical (unpaired) electrons. The third-order valence-corrected chi connectivity index (χ3v) is 3.29. The van der Waals surface area contributed by atoms with Crippen molar-refractivity contribution in [3.05, 3.63) is 16.4 Å². The van der Waals surface area contributed by atoms with E-state index in [2.05, 4.69) is 15.7 Å². The molecule has 2 heterocycles. The van der Waals surface area contributed by atoms with Gasteiger partial charge in [0.2, 0.25) is 5.91 Å². The average Bonchev–Trinajstić information content (AvgIpc) is 2.72.